The first-order chi connectivity index (χ1) is 6.50. The van der Waals surface area contributed by atoms with Crippen LogP contribution in [0.15, 0.2) is 30.4 Å². The van der Waals surface area contributed by atoms with Gasteiger partial charge in [-0.1, -0.05) is 23.2 Å². The molecule has 0 aromatic heterocycles. The SMILES string of the molecule is C=C(C)C[C@@H](N)c1ccc(O)c(Cl)c1.Cl. The Morgan fingerprint density at radius 3 is 2.67 bits per heavy atom. The van der Waals surface area contributed by atoms with Gasteiger partial charge in [0.25, 0.3) is 0 Å². The summed E-state index contributed by atoms with van der Waals surface area (Å²) in [6.07, 6.45) is 0.723. The minimum absolute atomic E-state index is 0. The van der Waals surface area contributed by atoms with Crippen LogP contribution in [0.5, 0.6) is 5.75 Å². The van der Waals surface area contributed by atoms with E-state index in [1.807, 2.05) is 6.92 Å². The number of nitrogens with two attached hydrogens (primary N) is 1. The molecular weight excluding hydrogens is 233 g/mol. The summed E-state index contributed by atoms with van der Waals surface area (Å²) in [6.45, 7) is 5.73. The van der Waals surface area contributed by atoms with Crippen molar-refractivity contribution in [2.75, 3.05) is 0 Å². The van der Waals surface area contributed by atoms with E-state index in [9.17, 15) is 5.11 Å². The molecule has 0 unspecified atom stereocenters. The van der Waals surface area contributed by atoms with Gasteiger partial charge in [0.2, 0.25) is 0 Å². The molecule has 0 aliphatic rings. The third-order valence-corrected chi connectivity index (χ3v) is 2.27. The van der Waals surface area contributed by atoms with E-state index in [0.717, 1.165) is 17.6 Å². The van der Waals surface area contributed by atoms with Gasteiger partial charge in [0.15, 0.2) is 0 Å². The Balaban J connectivity index is 0.00000196. The highest BCUT2D eigenvalue weighted by molar-refractivity contribution is 6.32. The van der Waals surface area contributed by atoms with Crippen molar-refractivity contribution in [2.24, 2.45) is 5.73 Å². The van der Waals surface area contributed by atoms with Crippen LogP contribution in [-0.2, 0) is 0 Å². The second kappa shape index (κ2) is 6.01. The normalized spacial score (nSPS) is 11.7. The summed E-state index contributed by atoms with van der Waals surface area (Å²) >= 11 is 5.77. The molecule has 1 atom stereocenters. The number of hydrogen-bond acceptors (Lipinski definition) is 2. The third kappa shape index (κ3) is 4.12. The van der Waals surface area contributed by atoms with Crippen molar-refractivity contribution in [3.8, 4) is 5.75 Å². The van der Waals surface area contributed by atoms with Crippen LogP contribution in [0.4, 0.5) is 0 Å². The molecule has 0 radical (unpaired) electrons. The Hall–Kier alpha value is -0.700. The minimum Gasteiger partial charge on any atom is -0.506 e. The summed E-state index contributed by atoms with van der Waals surface area (Å²) in [5.41, 5.74) is 7.86. The van der Waals surface area contributed by atoms with Gasteiger partial charge in [0.05, 0.1) is 5.02 Å². The summed E-state index contributed by atoms with van der Waals surface area (Å²) in [5, 5.41) is 9.55. The van der Waals surface area contributed by atoms with Gasteiger partial charge in [0, 0.05) is 6.04 Å². The summed E-state index contributed by atoms with van der Waals surface area (Å²) in [5.74, 6) is 0.0814. The van der Waals surface area contributed by atoms with Gasteiger partial charge in [-0.3, -0.25) is 0 Å². The third-order valence-electron chi connectivity index (χ3n) is 1.97. The van der Waals surface area contributed by atoms with Crippen LogP contribution < -0.4 is 5.73 Å². The maximum Gasteiger partial charge on any atom is 0.134 e. The van der Waals surface area contributed by atoms with Crippen LogP contribution in [0.25, 0.3) is 0 Å². The lowest BCUT2D eigenvalue weighted by atomic mass is 10.0. The predicted molar refractivity (Wildman–Crippen MR) is 66.7 cm³/mol. The summed E-state index contributed by atoms with van der Waals surface area (Å²) in [6, 6.07) is 4.90. The number of benzene rings is 1. The number of phenolic OH excluding ortho intramolecular Hbond substituents is 1. The molecule has 0 saturated heterocycles. The van der Waals surface area contributed by atoms with E-state index < -0.39 is 0 Å². The smallest absolute Gasteiger partial charge is 0.134 e. The van der Waals surface area contributed by atoms with Crippen LogP contribution in [0.2, 0.25) is 5.02 Å². The first kappa shape index (κ1) is 14.3. The lowest BCUT2D eigenvalue weighted by molar-refractivity contribution is 0.475. The van der Waals surface area contributed by atoms with Crippen molar-refractivity contribution in [2.45, 2.75) is 19.4 Å². The summed E-state index contributed by atoms with van der Waals surface area (Å²) in [7, 11) is 0. The van der Waals surface area contributed by atoms with E-state index in [4.69, 9.17) is 17.3 Å². The zero-order valence-corrected chi connectivity index (χ0v) is 10.1. The second-order valence-electron chi connectivity index (χ2n) is 3.48. The molecular formula is C11H15Cl2NO. The van der Waals surface area contributed by atoms with E-state index >= 15 is 0 Å². The molecule has 4 heteroatoms. The van der Waals surface area contributed by atoms with Crippen molar-refractivity contribution in [1.82, 2.24) is 0 Å². The quantitative estimate of drug-likeness (QED) is 0.805. The molecule has 1 rings (SSSR count). The molecule has 15 heavy (non-hydrogen) atoms. The molecule has 0 aliphatic heterocycles. The maximum absolute atomic E-state index is 9.22. The van der Waals surface area contributed by atoms with Crippen molar-refractivity contribution < 1.29 is 5.11 Å². The standard InChI is InChI=1S/C11H14ClNO.ClH/c1-7(2)5-10(13)8-3-4-11(14)9(12)6-8;/h3-4,6,10,14H,1,5,13H2,2H3;1H/t10-;/m1./s1. The molecule has 0 saturated carbocycles. The molecule has 0 aliphatic carbocycles. The van der Waals surface area contributed by atoms with Crippen molar-refractivity contribution in [3.63, 3.8) is 0 Å². The first-order valence-corrected chi connectivity index (χ1v) is 4.77. The molecule has 0 fully saturated rings. The van der Waals surface area contributed by atoms with Gasteiger partial charge in [-0.2, -0.15) is 0 Å². The van der Waals surface area contributed by atoms with Gasteiger partial charge >= 0.3 is 0 Å². The predicted octanol–water partition coefficient (Wildman–Crippen LogP) is 3.43. The van der Waals surface area contributed by atoms with Crippen LogP contribution >= 0.6 is 24.0 Å². The first-order valence-electron chi connectivity index (χ1n) is 4.39. The Morgan fingerprint density at radius 2 is 2.20 bits per heavy atom. The van der Waals surface area contributed by atoms with E-state index in [1.165, 1.54) is 0 Å². The monoisotopic (exact) mass is 247 g/mol. The van der Waals surface area contributed by atoms with E-state index in [2.05, 4.69) is 6.58 Å². The Morgan fingerprint density at radius 1 is 1.60 bits per heavy atom. The molecule has 0 heterocycles. The number of halogens is 2. The number of hydrogen-bond donors (Lipinski definition) is 2. The lowest BCUT2D eigenvalue weighted by Gasteiger charge is -2.12. The van der Waals surface area contributed by atoms with Crippen molar-refractivity contribution in [1.29, 1.82) is 0 Å². The molecule has 1 aromatic rings. The zero-order chi connectivity index (χ0) is 10.7. The Kier molecular flexibility index (Phi) is 5.73. The van der Waals surface area contributed by atoms with Crippen LogP contribution in [0, 0.1) is 0 Å². The molecule has 0 spiro atoms. The maximum atomic E-state index is 9.22. The molecule has 2 nitrogen and oxygen atoms in total. The second-order valence-corrected chi connectivity index (χ2v) is 3.89. The zero-order valence-electron chi connectivity index (χ0n) is 8.53. The summed E-state index contributed by atoms with van der Waals surface area (Å²) < 4.78 is 0. The molecule has 0 amide bonds. The lowest BCUT2D eigenvalue weighted by Crippen LogP contribution is -2.10. The average Bonchev–Trinajstić information content (AvgIpc) is 2.08. The number of rotatable bonds is 3. The van der Waals surface area contributed by atoms with Crippen LogP contribution in [0.3, 0.4) is 0 Å². The van der Waals surface area contributed by atoms with Gasteiger partial charge in [-0.15, -0.1) is 19.0 Å². The van der Waals surface area contributed by atoms with Gasteiger partial charge in [-0.05, 0) is 31.0 Å². The van der Waals surface area contributed by atoms with Gasteiger partial charge in [0.1, 0.15) is 5.75 Å². The molecule has 3 N–H and O–H groups in total. The Bertz CT molecular complexity index is 352. The molecule has 0 bridgehead atoms. The Labute approximate surface area is 101 Å². The van der Waals surface area contributed by atoms with Gasteiger partial charge in [-0.25, -0.2) is 0 Å². The fourth-order valence-electron chi connectivity index (χ4n) is 1.25. The van der Waals surface area contributed by atoms with Crippen molar-refractivity contribution in [3.05, 3.63) is 40.9 Å². The van der Waals surface area contributed by atoms with E-state index in [-0.39, 0.29) is 24.2 Å². The van der Waals surface area contributed by atoms with E-state index in [0.29, 0.717) is 5.02 Å². The largest absolute Gasteiger partial charge is 0.506 e. The summed E-state index contributed by atoms with van der Waals surface area (Å²) in [4.78, 5) is 0. The van der Waals surface area contributed by atoms with Gasteiger partial charge < -0.3 is 10.8 Å². The fourth-order valence-corrected chi connectivity index (χ4v) is 1.44. The topological polar surface area (TPSA) is 46.2 Å². The minimum atomic E-state index is -0.106. The fraction of sp³-hybridized carbons (Fsp3) is 0.273. The average molecular weight is 248 g/mol. The number of aromatic hydroxyl groups is 1. The highest BCUT2D eigenvalue weighted by Gasteiger charge is 2.08. The van der Waals surface area contributed by atoms with Crippen LogP contribution in [-0.4, -0.2) is 5.11 Å². The van der Waals surface area contributed by atoms with Crippen molar-refractivity contribution >= 4 is 24.0 Å². The molecule has 1 aromatic carbocycles. The highest BCUT2D eigenvalue weighted by Crippen LogP contribution is 2.27. The van der Waals surface area contributed by atoms with E-state index in [1.54, 1.807) is 18.2 Å². The number of phenols is 1. The molecule has 84 valence electrons. The van der Waals surface area contributed by atoms with Crippen LogP contribution in [0.1, 0.15) is 24.9 Å². The highest BCUT2D eigenvalue weighted by atomic mass is 35.5.